The van der Waals surface area contributed by atoms with Crippen LogP contribution in [0, 0.1) is 0 Å². The van der Waals surface area contributed by atoms with E-state index in [4.69, 9.17) is 4.74 Å². The average molecular weight is 464 g/mol. The van der Waals surface area contributed by atoms with Crippen LogP contribution in [0.1, 0.15) is 23.7 Å². The SMILES string of the molecule is C[C@H](Cc1ccccc1)NC(=O)N(C)C(=O)N(CCc1c[nH]cn1)C(=O)OCc1ccccc1. The molecule has 0 aliphatic heterocycles. The molecule has 0 bridgehead atoms. The van der Waals surface area contributed by atoms with Crippen LogP contribution in [0.25, 0.3) is 0 Å². The summed E-state index contributed by atoms with van der Waals surface area (Å²) in [6, 6.07) is 17.3. The minimum atomic E-state index is -0.832. The number of imide groups is 2. The average Bonchev–Trinajstić information content (AvgIpc) is 3.37. The topological polar surface area (TPSA) is 108 Å². The number of benzene rings is 2. The molecule has 5 amide bonds. The zero-order valence-electron chi connectivity index (χ0n) is 19.3. The number of amides is 5. The number of nitrogens with one attached hydrogen (secondary N) is 2. The summed E-state index contributed by atoms with van der Waals surface area (Å²) in [6.07, 6.45) is 3.29. The van der Waals surface area contributed by atoms with Crippen molar-refractivity contribution in [1.82, 2.24) is 25.1 Å². The number of urea groups is 2. The first-order chi connectivity index (χ1) is 16.4. The van der Waals surface area contributed by atoms with Crippen molar-refractivity contribution < 1.29 is 19.1 Å². The molecule has 0 unspecified atom stereocenters. The van der Waals surface area contributed by atoms with Crippen LogP contribution in [0.3, 0.4) is 0 Å². The summed E-state index contributed by atoms with van der Waals surface area (Å²) in [5.74, 6) is 0. The summed E-state index contributed by atoms with van der Waals surface area (Å²) in [4.78, 5) is 47.4. The molecule has 1 atom stereocenters. The highest BCUT2D eigenvalue weighted by Crippen LogP contribution is 2.09. The second-order valence-electron chi connectivity index (χ2n) is 7.88. The fraction of sp³-hybridized carbons (Fsp3) is 0.280. The Morgan fingerprint density at radius 3 is 2.29 bits per heavy atom. The zero-order valence-corrected chi connectivity index (χ0v) is 19.3. The third kappa shape index (κ3) is 7.19. The van der Waals surface area contributed by atoms with Gasteiger partial charge in [0.05, 0.1) is 12.0 Å². The molecule has 0 spiro atoms. The van der Waals surface area contributed by atoms with Gasteiger partial charge in [-0.2, -0.15) is 0 Å². The smallest absolute Gasteiger partial charge is 0.418 e. The van der Waals surface area contributed by atoms with Gasteiger partial charge in [-0.1, -0.05) is 60.7 Å². The number of aromatic nitrogens is 2. The van der Waals surface area contributed by atoms with Gasteiger partial charge in [0.15, 0.2) is 0 Å². The van der Waals surface area contributed by atoms with E-state index in [1.54, 1.807) is 6.20 Å². The van der Waals surface area contributed by atoms with Gasteiger partial charge < -0.3 is 15.0 Å². The lowest BCUT2D eigenvalue weighted by Crippen LogP contribution is -2.52. The van der Waals surface area contributed by atoms with Crippen LogP contribution in [-0.2, 0) is 24.2 Å². The summed E-state index contributed by atoms with van der Waals surface area (Å²) < 4.78 is 5.35. The van der Waals surface area contributed by atoms with Gasteiger partial charge >= 0.3 is 18.2 Å². The maximum Gasteiger partial charge on any atom is 0.418 e. The van der Waals surface area contributed by atoms with Crippen LogP contribution < -0.4 is 5.32 Å². The minimum absolute atomic E-state index is 0.00843. The number of hydrogen-bond acceptors (Lipinski definition) is 5. The van der Waals surface area contributed by atoms with Gasteiger partial charge in [-0.25, -0.2) is 29.2 Å². The molecule has 3 rings (SSSR count). The van der Waals surface area contributed by atoms with Crippen LogP contribution in [0.15, 0.2) is 73.2 Å². The number of hydrogen-bond donors (Lipinski definition) is 2. The predicted octanol–water partition coefficient (Wildman–Crippen LogP) is 3.98. The molecule has 1 aromatic heterocycles. The highest BCUT2D eigenvalue weighted by molar-refractivity contribution is 5.99. The summed E-state index contributed by atoms with van der Waals surface area (Å²) >= 11 is 0. The first-order valence-corrected chi connectivity index (χ1v) is 11.0. The molecule has 0 aliphatic carbocycles. The normalized spacial score (nSPS) is 11.4. The van der Waals surface area contributed by atoms with Crippen molar-refractivity contribution in [1.29, 1.82) is 0 Å². The fourth-order valence-corrected chi connectivity index (χ4v) is 3.31. The Hall–Kier alpha value is -4.14. The van der Waals surface area contributed by atoms with Crippen LogP contribution >= 0.6 is 0 Å². The summed E-state index contributed by atoms with van der Waals surface area (Å²) in [5.41, 5.74) is 2.53. The molecule has 2 N–H and O–H groups in total. The molecule has 1 heterocycles. The number of nitrogens with zero attached hydrogens (tertiary/aromatic N) is 3. The van der Waals surface area contributed by atoms with E-state index in [0.29, 0.717) is 18.5 Å². The van der Waals surface area contributed by atoms with E-state index in [2.05, 4.69) is 15.3 Å². The van der Waals surface area contributed by atoms with E-state index >= 15 is 0 Å². The Balaban J connectivity index is 1.63. The lowest BCUT2D eigenvalue weighted by atomic mass is 10.1. The highest BCUT2D eigenvalue weighted by Gasteiger charge is 2.30. The molecule has 9 nitrogen and oxygen atoms in total. The lowest BCUT2D eigenvalue weighted by Gasteiger charge is -2.26. The van der Waals surface area contributed by atoms with Gasteiger partial charge in [0.2, 0.25) is 0 Å². The molecular formula is C25H29N5O4. The maximum atomic E-state index is 13.1. The number of imidazole rings is 1. The molecule has 0 saturated carbocycles. The zero-order chi connectivity index (χ0) is 24.3. The molecule has 178 valence electrons. The largest absolute Gasteiger partial charge is 0.444 e. The summed E-state index contributed by atoms with van der Waals surface area (Å²) in [5, 5.41) is 2.80. The molecule has 0 saturated heterocycles. The molecule has 34 heavy (non-hydrogen) atoms. The van der Waals surface area contributed by atoms with Gasteiger partial charge in [-0.05, 0) is 24.5 Å². The van der Waals surface area contributed by atoms with E-state index in [9.17, 15) is 14.4 Å². The van der Waals surface area contributed by atoms with Gasteiger partial charge in [-0.15, -0.1) is 0 Å². The van der Waals surface area contributed by atoms with E-state index in [-0.39, 0.29) is 19.2 Å². The second kappa shape index (κ2) is 12.2. The number of ether oxygens (including phenoxy) is 1. The van der Waals surface area contributed by atoms with Crippen LogP contribution in [-0.4, -0.2) is 57.6 Å². The lowest BCUT2D eigenvalue weighted by molar-refractivity contribution is 0.0978. The monoisotopic (exact) mass is 463 g/mol. The molecular weight excluding hydrogens is 434 g/mol. The number of rotatable bonds is 8. The molecule has 9 heteroatoms. The van der Waals surface area contributed by atoms with Crippen molar-refractivity contribution in [3.8, 4) is 0 Å². The van der Waals surface area contributed by atoms with Gasteiger partial charge in [0.25, 0.3) is 0 Å². The molecule has 2 aromatic carbocycles. The fourth-order valence-electron chi connectivity index (χ4n) is 3.31. The quantitative estimate of drug-likeness (QED) is 0.525. The van der Waals surface area contributed by atoms with Crippen LogP contribution in [0.2, 0.25) is 0 Å². The molecule has 3 aromatic rings. The van der Waals surface area contributed by atoms with Crippen LogP contribution in [0.5, 0.6) is 0 Å². The van der Waals surface area contributed by atoms with Crippen molar-refractivity contribution in [2.24, 2.45) is 0 Å². The third-order valence-electron chi connectivity index (χ3n) is 5.15. The molecule has 0 radical (unpaired) electrons. The first kappa shape index (κ1) is 24.5. The van der Waals surface area contributed by atoms with Crippen molar-refractivity contribution in [3.05, 3.63) is 90.0 Å². The van der Waals surface area contributed by atoms with Crippen molar-refractivity contribution in [3.63, 3.8) is 0 Å². The van der Waals surface area contributed by atoms with E-state index < -0.39 is 18.2 Å². The Bertz CT molecular complexity index is 1060. The molecule has 0 fully saturated rings. The third-order valence-corrected chi connectivity index (χ3v) is 5.15. The number of carbonyl (C=O) groups is 3. The summed E-state index contributed by atoms with van der Waals surface area (Å²) in [6.45, 7) is 1.87. The van der Waals surface area contributed by atoms with E-state index in [1.165, 1.54) is 13.4 Å². The predicted molar refractivity (Wildman–Crippen MR) is 127 cm³/mol. The Labute approximate surface area is 198 Å². The Morgan fingerprint density at radius 1 is 1.03 bits per heavy atom. The standard InChI is InChI=1S/C25H29N5O4/c1-19(15-20-9-5-3-6-10-20)28-23(31)29(2)24(32)30(14-13-22-16-26-18-27-22)25(33)34-17-21-11-7-4-8-12-21/h3-12,16,18-19H,13-15,17H2,1-2H3,(H,26,27)(H,28,31)/t19-/m1/s1. The first-order valence-electron chi connectivity index (χ1n) is 11.0. The maximum absolute atomic E-state index is 13.1. The van der Waals surface area contributed by atoms with Crippen molar-refractivity contribution in [2.45, 2.75) is 32.4 Å². The second-order valence-corrected chi connectivity index (χ2v) is 7.88. The van der Waals surface area contributed by atoms with E-state index in [0.717, 1.165) is 20.9 Å². The van der Waals surface area contributed by atoms with Crippen molar-refractivity contribution in [2.75, 3.05) is 13.6 Å². The number of aromatic amines is 1. The van der Waals surface area contributed by atoms with E-state index in [1.807, 2.05) is 67.6 Å². The van der Waals surface area contributed by atoms with Gasteiger partial charge in [-0.3, -0.25) is 0 Å². The summed E-state index contributed by atoms with van der Waals surface area (Å²) in [7, 11) is 1.33. The number of carbonyl (C=O) groups excluding carboxylic acids is 3. The minimum Gasteiger partial charge on any atom is -0.444 e. The molecule has 0 aliphatic rings. The van der Waals surface area contributed by atoms with Gasteiger partial charge in [0.1, 0.15) is 6.61 Å². The Morgan fingerprint density at radius 2 is 1.68 bits per heavy atom. The number of H-pyrrole nitrogens is 1. The Kier molecular flexibility index (Phi) is 8.79. The van der Waals surface area contributed by atoms with Crippen LogP contribution in [0.4, 0.5) is 14.4 Å². The van der Waals surface area contributed by atoms with Crippen molar-refractivity contribution >= 4 is 18.2 Å². The van der Waals surface area contributed by atoms with Gasteiger partial charge in [0, 0.05) is 32.3 Å². The highest BCUT2D eigenvalue weighted by atomic mass is 16.6.